The van der Waals surface area contributed by atoms with Gasteiger partial charge in [-0.3, -0.25) is 14.4 Å². The van der Waals surface area contributed by atoms with Crippen molar-refractivity contribution in [3.63, 3.8) is 0 Å². The molecule has 1 unspecified atom stereocenters. The molecule has 0 radical (unpaired) electrons. The van der Waals surface area contributed by atoms with E-state index in [2.05, 4.69) is 39.6 Å². The molecule has 250 valence electrons. The Hall–Kier alpha value is -4.37. The fraction of sp³-hybridized carbons (Fsp3) is 0.410. The lowest BCUT2D eigenvalue weighted by atomic mass is 9.84. The molecule has 1 saturated heterocycles. The lowest BCUT2D eigenvalue weighted by molar-refractivity contribution is -0.153. The van der Waals surface area contributed by atoms with Crippen LogP contribution in [-0.4, -0.2) is 56.9 Å². The molecule has 0 spiro atoms. The van der Waals surface area contributed by atoms with Crippen molar-refractivity contribution in [2.24, 2.45) is 5.92 Å². The second-order valence-corrected chi connectivity index (χ2v) is 14.0. The van der Waals surface area contributed by atoms with E-state index < -0.39 is 17.9 Å². The predicted octanol–water partition coefficient (Wildman–Crippen LogP) is 7.71. The highest BCUT2D eigenvalue weighted by molar-refractivity contribution is 7.14. The molecule has 7 rings (SSSR count). The lowest BCUT2D eigenvalue weighted by Crippen LogP contribution is -2.59. The van der Waals surface area contributed by atoms with E-state index in [1.807, 2.05) is 62.6 Å². The fourth-order valence-electron chi connectivity index (χ4n) is 6.56. The first kappa shape index (κ1) is 33.5. The summed E-state index contributed by atoms with van der Waals surface area (Å²) in [4.78, 5) is 50.5. The summed E-state index contributed by atoms with van der Waals surface area (Å²) in [6.45, 7) is 4.31. The first-order chi connectivity index (χ1) is 23.4. The second kappa shape index (κ2) is 15.2. The van der Waals surface area contributed by atoms with Gasteiger partial charge in [0, 0.05) is 47.9 Å². The minimum absolute atomic E-state index is 0.155. The number of aromatic nitrogens is 2. The number of thiophene rings is 1. The molecule has 2 N–H and O–H groups in total. The first-order valence-corrected chi connectivity index (χ1v) is 18.2. The number of hydrogen-bond acceptors (Lipinski definition) is 6. The molecular weight excluding hydrogens is 621 g/mol. The van der Waals surface area contributed by atoms with Crippen molar-refractivity contribution >= 4 is 29.1 Å². The maximum absolute atomic E-state index is 13.4. The van der Waals surface area contributed by atoms with Gasteiger partial charge in [0.15, 0.2) is 5.82 Å². The summed E-state index contributed by atoms with van der Waals surface area (Å²) in [6.07, 6.45) is 12.9. The van der Waals surface area contributed by atoms with E-state index in [1.165, 1.54) is 58.8 Å². The van der Waals surface area contributed by atoms with E-state index in [4.69, 9.17) is 0 Å². The summed E-state index contributed by atoms with van der Waals surface area (Å²) >= 11 is 1.48. The van der Waals surface area contributed by atoms with Gasteiger partial charge >= 0.3 is 5.97 Å². The molecule has 2 aromatic heterocycles. The Bertz CT molecular complexity index is 1700. The van der Waals surface area contributed by atoms with Gasteiger partial charge in [-0.15, -0.1) is 11.3 Å². The zero-order chi connectivity index (χ0) is 33.6. The summed E-state index contributed by atoms with van der Waals surface area (Å²) in [5.74, 6) is -0.178. The van der Waals surface area contributed by atoms with Crippen molar-refractivity contribution in [2.45, 2.75) is 83.1 Å². The van der Waals surface area contributed by atoms with Crippen LogP contribution in [0.1, 0.15) is 96.3 Å². The molecule has 1 aliphatic heterocycles. The Morgan fingerprint density at radius 2 is 1.46 bits per heavy atom. The Kier molecular flexibility index (Phi) is 10.6. The van der Waals surface area contributed by atoms with Crippen LogP contribution < -0.4 is 5.32 Å². The summed E-state index contributed by atoms with van der Waals surface area (Å²) in [7, 11) is 0. The number of carbonyl (C=O) groups excluding carboxylic acids is 2. The minimum atomic E-state index is -0.908. The number of aliphatic carboxylic acids is 1. The van der Waals surface area contributed by atoms with Gasteiger partial charge in [0.05, 0.1) is 10.8 Å². The maximum Gasteiger partial charge on any atom is 0.310 e. The van der Waals surface area contributed by atoms with Crippen LogP contribution in [0.4, 0.5) is 0 Å². The molecule has 2 amide bonds. The summed E-state index contributed by atoms with van der Waals surface area (Å²) in [6, 6.07) is 19.6. The van der Waals surface area contributed by atoms with E-state index in [-0.39, 0.29) is 31.3 Å². The Labute approximate surface area is 286 Å². The topological polar surface area (TPSA) is 112 Å². The second-order valence-electron chi connectivity index (χ2n) is 12.9. The predicted molar refractivity (Wildman–Crippen MR) is 189 cm³/mol. The zero-order valence-corrected chi connectivity index (χ0v) is 28.5. The number of hydrogen-bond donors (Lipinski definition) is 2. The number of likely N-dealkylation sites (tertiary alicyclic amines) is 1. The molecular formula is C39H44N4O4S. The van der Waals surface area contributed by atoms with Crippen LogP contribution in [0.5, 0.6) is 0 Å². The smallest absolute Gasteiger partial charge is 0.310 e. The Balaban J connectivity index is 0.00000197. The molecule has 0 bridgehead atoms. The van der Waals surface area contributed by atoms with Crippen LogP contribution in [0.15, 0.2) is 73.1 Å². The molecule has 4 aromatic rings. The number of carboxylic acid groups (broad SMARTS) is 1. The maximum atomic E-state index is 13.4. The molecule has 9 heteroatoms. The Morgan fingerprint density at radius 1 is 0.812 bits per heavy atom. The van der Waals surface area contributed by atoms with E-state index in [0.717, 1.165) is 35.1 Å². The van der Waals surface area contributed by atoms with Crippen molar-refractivity contribution in [3.05, 3.63) is 93.9 Å². The van der Waals surface area contributed by atoms with E-state index in [9.17, 15) is 19.5 Å². The van der Waals surface area contributed by atoms with E-state index >= 15 is 0 Å². The van der Waals surface area contributed by atoms with Gasteiger partial charge in [0.25, 0.3) is 5.91 Å². The van der Waals surface area contributed by atoms with Crippen molar-refractivity contribution < 1.29 is 19.5 Å². The lowest BCUT2D eigenvalue weighted by Gasteiger charge is -2.38. The average Bonchev–Trinajstić information content (AvgIpc) is 3.84. The van der Waals surface area contributed by atoms with Gasteiger partial charge in [-0.25, -0.2) is 9.97 Å². The number of amides is 2. The quantitative estimate of drug-likeness (QED) is 0.180. The molecule has 1 atom stereocenters. The van der Waals surface area contributed by atoms with Gasteiger partial charge in [-0.1, -0.05) is 81.6 Å². The van der Waals surface area contributed by atoms with Crippen molar-refractivity contribution in [2.75, 3.05) is 13.1 Å². The molecule has 8 nitrogen and oxygen atoms in total. The molecule has 48 heavy (non-hydrogen) atoms. The monoisotopic (exact) mass is 664 g/mol. The minimum Gasteiger partial charge on any atom is -0.481 e. The summed E-state index contributed by atoms with van der Waals surface area (Å²) in [5, 5.41) is 12.2. The van der Waals surface area contributed by atoms with Gasteiger partial charge in [-0.2, -0.15) is 0 Å². The third kappa shape index (κ3) is 7.84. The van der Waals surface area contributed by atoms with E-state index in [1.54, 1.807) is 0 Å². The summed E-state index contributed by atoms with van der Waals surface area (Å²) in [5.41, 5.74) is 5.22. The SMILES string of the molecule is CC.O=C(NC(Cc1ccc(-c2ncc(-c3ccc(C4CCCCC4)cc3)cn2)cc1)C(=O)N1CC(C(=O)O)C1)c1ccc(C2CC2)s1. The number of nitrogens with one attached hydrogen (secondary N) is 1. The van der Waals surface area contributed by atoms with Crippen LogP contribution in [0.3, 0.4) is 0 Å². The highest BCUT2D eigenvalue weighted by Crippen LogP contribution is 2.43. The van der Waals surface area contributed by atoms with Gasteiger partial charge in [0.2, 0.25) is 5.91 Å². The largest absolute Gasteiger partial charge is 0.481 e. The normalized spacial score (nSPS) is 17.1. The Morgan fingerprint density at radius 3 is 2.08 bits per heavy atom. The number of benzene rings is 2. The molecule has 3 fully saturated rings. The van der Waals surface area contributed by atoms with Crippen LogP contribution in [-0.2, 0) is 16.0 Å². The number of carboxylic acids is 1. The number of carbonyl (C=O) groups is 3. The van der Waals surface area contributed by atoms with Crippen molar-refractivity contribution in [1.29, 1.82) is 0 Å². The highest BCUT2D eigenvalue weighted by Gasteiger charge is 2.39. The van der Waals surface area contributed by atoms with Crippen molar-refractivity contribution in [1.82, 2.24) is 20.2 Å². The van der Waals surface area contributed by atoms with Crippen LogP contribution in [0.25, 0.3) is 22.5 Å². The average molecular weight is 665 g/mol. The van der Waals surface area contributed by atoms with Crippen molar-refractivity contribution in [3.8, 4) is 22.5 Å². The molecule has 2 saturated carbocycles. The first-order valence-electron chi connectivity index (χ1n) is 17.3. The van der Waals surface area contributed by atoms with Gasteiger partial charge in [-0.05, 0) is 66.3 Å². The molecule has 3 aliphatic rings. The molecule has 3 heterocycles. The van der Waals surface area contributed by atoms with Crippen LogP contribution in [0, 0.1) is 5.92 Å². The third-order valence-electron chi connectivity index (χ3n) is 9.60. The molecule has 2 aliphatic carbocycles. The fourth-order valence-corrected chi connectivity index (χ4v) is 7.64. The summed E-state index contributed by atoms with van der Waals surface area (Å²) < 4.78 is 0. The van der Waals surface area contributed by atoms with Crippen LogP contribution >= 0.6 is 11.3 Å². The standard InChI is InChI=1S/C37H38N4O4S.C2H6/c42-35(33-17-16-32(46-33)27-14-15-27)40-31(36(43)41-21-30(22-41)37(44)45)18-23-6-8-28(9-7-23)34-38-19-29(20-39-34)26-12-10-25(11-13-26)24-4-2-1-3-5-24;1-2/h6-13,16-17,19-20,24,27,30-31H,1-5,14-15,18,21-22H2,(H,40,42)(H,44,45);1-2H3. The number of rotatable bonds is 10. The third-order valence-corrected chi connectivity index (χ3v) is 10.8. The zero-order valence-electron chi connectivity index (χ0n) is 27.7. The van der Waals surface area contributed by atoms with E-state index in [0.29, 0.717) is 22.5 Å². The number of nitrogens with zero attached hydrogens (tertiary/aromatic N) is 3. The highest BCUT2D eigenvalue weighted by atomic mass is 32.1. The molecule has 2 aromatic carbocycles. The van der Waals surface area contributed by atoms with Gasteiger partial charge < -0.3 is 15.3 Å². The van der Waals surface area contributed by atoms with Crippen LogP contribution in [0.2, 0.25) is 0 Å². The van der Waals surface area contributed by atoms with Gasteiger partial charge in [0.1, 0.15) is 6.04 Å².